The third-order valence-electron chi connectivity index (χ3n) is 6.97. The molecular weight excluding hydrogens is 476 g/mol. The molecule has 2 aliphatic rings. The summed E-state index contributed by atoms with van der Waals surface area (Å²) in [5.74, 6) is 0.394. The lowest BCUT2D eigenvalue weighted by molar-refractivity contribution is -0.132. The number of nitrogens with one attached hydrogen (secondary N) is 1. The number of carbonyl (C=O) groups excluding carboxylic acids is 2. The number of para-hydroxylation sites is 2. The molecule has 5 rings (SSSR count). The first kappa shape index (κ1) is 24.0. The summed E-state index contributed by atoms with van der Waals surface area (Å²) in [6.45, 7) is 3.59. The highest BCUT2D eigenvalue weighted by atomic mass is 32.1. The lowest BCUT2D eigenvalue weighted by atomic mass is 9.97. The van der Waals surface area contributed by atoms with Crippen LogP contribution in [0.25, 0.3) is 0 Å². The van der Waals surface area contributed by atoms with E-state index in [0.29, 0.717) is 18.0 Å². The van der Waals surface area contributed by atoms with Crippen LogP contribution in [0, 0.1) is 0 Å². The van der Waals surface area contributed by atoms with Gasteiger partial charge >= 0.3 is 0 Å². The number of thiazole rings is 1. The van der Waals surface area contributed by atoms with Gasteiger partial charge in [0.2, 0.25) is 5.91 Å². The van der Waals surface area contributed by atoms with E-state index < -0.39 is 0 Å². The van der Waals surface area contributed by atoms with Gasteiger partial charge in [0.1, 0.15) is 5.69 Å². The molecule has 1 aromatic carbocycles. The van der Waals surface area contributed by atoms with Crippen LogP contribution in [0.4, 0.5) is 11.4 Å². The van der Waals surface area contributed by atoms with Crippen LogP contribution >= 0.6 is 22.7 Å². The highest BCUT2D eigenvalue weighted by molar-refractivity contribution is 7.10. The molecule has 2 aromatic heterocycles. The quantitative estimate of drug-likeness (QED) is 0.439. The third kappa shape index (κ3) is 5.93. The Labute approximate surface area is 215 Å². The minimum absolute atomic E-state index is 0.154. The maximum atomic E-state index is 13.0. The van der Waals surface area contributed by atoms with E-state index in [-0.39, 0.29) is 11.8 Å². The number of aromatic nitrogens is 1. The number of likely N-dealkylation sites (tertiary alicyclic amines) is 1. The maximum absolute atomic E-state index is 13.0. The molecule has 0 saturated carbocycles. The third-order valence-corrected chi connectivity index (χ3v) is 8.91. The van der Waals surface area contributed by atoms with Gasteiger partial charge in [-0.3, -0.25) is 9.59 Å². The number of carbonyl (C=O) groups is 2. The van der Waals surface area contributed by atoms with Crippen molar-refractivity contribution in [3.8, 4) is 0 Å². The van der Waals surface area contributed by atoms with Gasteiger partial charge in [0.05, 0.1) is 16.4 Å². The standard InChI is InChI=1S/C27H32N4O2S2/c32-25(11-10-21-7-6-18-34-21)31-16-12-20(13-17-31)27-29-23(19-35-27)26(33)28-22-8-2-3-9-24(22)30-14-4-1-5-15-30/h2-3,6-9,18-20H,1,4-5,10-17H2,(H,28,33). The Morgan fingerprint density at radius 1 is 0.971 bits per heavy atom. The number of rotatable bonds is 7. The molecule has 0 spiro atoms. The van der Waals surface area contributed by atoms with Crippen LogP contribution in [0.2, 0.25) is 0 Å². The van der Waals surface area contributed by atoms with E-state index in [4.69, 9.17) is 4.98 Å². The number of nitrogens with zero attached hydrogens (tertiary/aromatic N) is 3. The van der Waals surface area contributed by atoms with Crippen LogP contribution in [-0.2, 0) is 11.2 Å². The molecule has 35 heavy (non-hydrogen) atoms. The summed E-state index contributed by atoms with van der Waals surface area (Å²) in [6.07, 6.45) is 6.85. The molecule has 0 bridgehead atoms. The van der Waals surface area contributed by atoms with Crippen molar-refractivity contribution in [1.29, 1.82) is 0 Å². The Morgan fingerprint density at radius 3 is 2.54 bits per heavy atom. The van der Waals surface area contributed by atoms with Gasteiger partial charge in [-0.15, -0.1) is 22.7 Å². The van der Waals surface area contributed by atoms with E-state index in [2.05, 4.69) is 27.7 Å². The predicted octanol–water partition coefficient (Wildman–Crippen LogP) is 5.79. The summed E-state index contributed by atoms with van der Waals surface area (Å²) in [6, 6.07) is 12.2. The molecular formula is C27H32N4O2S2. The summed E-state index contributed by atoms with van der Waals surface area (Å²) < 4.78 is 0. The van der Waals surface area contributed by atoms with Crippen molar-refractivity contribution in [1.82, 2.24) is 9.88 Å². The molecule has 4 heterocycles. The van der Waals surface area contributed by atoms with E-state index in [1.54, 1.807) is 22.7 Å². The van der Waals surface area contributed by atoms with Crippen LogP contribution in [0.15, 0.2) is 47.2 Å². The molecule has 0 unspecified atom stereocenters. The Bertz CT molecular complexity index is 1130. The van der Waals surface area contributed by atoms with Gasteiger partial charge in [-0.05, 0) is 62.1 Å². The second-order valence-electron chi connectivity index (χ2n) is 9.32. The molecule has 2 fully saturated rings. The van der Waals surface area contributed by atoms with Gasteiger partial charge in [0.15, 0.2) is 0 Å². The number of benzene rings is 1. The van der Waals surface area contributed by atoms with Gasteiger partial charge in [0.25, 0.3) is 5.91 Å². The fourth-order valence-corrected chi connectivity index (χ4v) is 6.65. The number of aryl methyl sites for hydroxylation is 1. The lowest BCUT2D eigenvalue weighted by Crippen LogP contribution is -2.38. The number of hydrogen-bond acceptors (Lipinski definition) is 6. The molecule has 2 amide bonds. The van der Waals surface area contributed by atoms with Crippen molar-refractivity contribution >= 4 is 45.9 Å². The maximum Gasteiger partial charge on any atom is 0.275 e. The summed E-state index contributed by atoms with van der Waals surface area (Å²) in [4.78, 5) is 35.9. The first-order chi connectivity index (χ1) is 17.2. The smallest absolute Gasteiger partial charge is 0.275 e. The molecule has 0 radical (unpaired) electrons. The van der Waals surface area contributed by atoms with Crippen molar-refractivity contribution in [3.05, 3.63) is 62.7 Å². The molecule has 6 nitrogen and oxygen atoms in total. The van der Waals surface area contributed by atoms with E-state index in [1.165, 1.54) is 24.1 Å². The van der Waals surface area contributed by atoms with Crippen LogP contribution in [-0.4, -0.2) is 47.9 Å². The Morgan fingerprint density at radius 2 is 1.77 bits per heavy atom. The number of piperidine rings is 2. The number of thiophene rings is 1. The Kier molecular flexibility index (Phi) is 7.79. The van der Waals surface area contributed by atoms with Gasteiger partial charge in [0, 0.05) is 48.8 Å². The first-order valence-corrected chi connectivity index (χ1v) is 14.3. The van der Waals surface area contributed by atoms with Gasteiger partial charge in [-0.25, -0.2) is 4.98 Å². The van der Waals surface area contributed by atoms with Crippen molar-refractivity contribution < 1.29 is 9.59 Å². The van der Waals surface area contributed by atoms with Crippen molar-refractivity contribution in [2.45, 2.75) is 50.9 Å². The zero-order chi connectivity index (χ0) is 24.0. The Hall–Kier alpha value is -2.71. The molecule has 3 aromatic rings. The second kappa shape index (κ2) is 11.4. The summed E-state index contributed by atoms with van der Waals surface area (Å²) >= 11 is 3.27. The summed E-state index contributed by atoms with van der Waals surface area (Å²) in [5.41, 5.74) is 2.42. The molecule has 1 N–H and O–H groups in total. The summed E-state index contributed by atoms with van der Waals surface area (Å²) in [5, 5.41) is 8.03. The monoisotopic (exact) mass is 508 g/mol. The average Bonchev–Trinajstić information content (AvgIpc) is 3.61. The largest absolute Gasteiger partial charge is 0.370 e. The van der Waals surface area contributed by atoms with Crippen molar-refractivity contribution in [2.75, 3.05) is 36.4 Å². The zero-order valence-corrected chi connectivity index (χ0v) is 21.6. The summed E-state index contributed by atoms with van der Waals surface area (Å²) in [7, 11) is 0. The SMILES string of the molecule is O=C(Nc1ccccc1N1CCCCC1)c1csc(C2CCN(C(=O)CCc3cccs3)CC2)n1. The van der Waals surface area contributed by atoms with Crippen LogP contribution in [0.5, 0.6) is 0 Å². The Balaban J connectivity index is 1.15. The molecule has 2 aliphatic heterocycles. The van der Waals surface area contributed by atoms with E-state index >= 15 is 0 Å². The van der Waals surface area contributed by atoms with E-state index in [9.17, 15) is 9.59 Å². The fourth-order valence-electron chi connectivity index (χ4n) is 4.97. The molecule has 8 heteroatoms. The highest BCUT2D eigenvalue weighted by Crippen LogP contribution is 2.32. The van der Waals surface area contributed by atoms with Crippen LogP contribution in [0.1, 0.15) is 64.8 Å². The normalized spacial score (nSPS) is 16.9. The van der Waals surface area contributed by atoms with E-state index in [1.807, 2.05) is 34.5 Å². The van der Waals surface area contributed by atoms with Gasteiger partial charge < -0.3 is 15.1 Å². The number of amides is 2. The highest BCUT2D eigenvalue weighted by Gasteiger charge is 2.26. The van der Waals surface area contributed by atoms with Crippen LogP contribution < -0.4 is 10.2 Å². The first-order valence-electron chi connectivity index (χ1n) is 12.6. The number of anilines is 2. The minimum atomic E-state index is -0.154. The average molecular weight is 509 g/mol. The second-order valence-corrected chi connectivity index (χ2v) is 11.2. The molecule has 0 atom stereocenters. The minimum Gasteiger partial charge on any atom is -0.370 e. The lowest BCUT2D eigenvalue weighted by Gasteiger charge is -2.31. The topological polar surface area (TPSA) is 65.5 Å². The molecule has 184 valence electrons. The van der Waals surface area contributed by atoms with Gasteiger partial charge in [-0.1, -0.05) is 18.2 Å². The zero-order valence-electron chi connectivity index (χ0n) is 19.9. The van der Waals surface area contributed by atoms with Crippen LogP contribution in [0.3, 0.4) is 0 Å². The van der Waals surface area contributed by atoms with E-state index in [0.717, 1.165) is 61.8 Å². The molecule has 2 saturated heterocycles. The fraction of sp³-hybridized carbons (Fsp3) is 0.444. The number of hydrogen-bond donors (Lipinski definition) is 1. The van der Waals surface area contributed by atoms with Gasteiger partial charge in [-0.2, -0.15) is 0 Å². The predicted molar refractivity (Wildman–Crippen MR) is 144 cm³/mol. The van der Waals surface area contributed by atoms with Crippen molar-refractivity contribution in [3.63, 3.8) is 0 Å². The molecule has 0 aliphatic carbocycles. The van der Waals surface area contributed by atoms with Crippen molar-refractivity contribution in [2.24, 2.45) is 0 Å².